The summed E-state index contributed by atoms with van der Waals surface area (Å²) in [7, 11) is 0. The molecule has 1 aromatic carbocycles. The van der Waals surface area contributed by atoms with Gasteiger partial charge >= 0.3 is 5.97 Å². The number of ether oxygens (including phenoxy) is 1. The average molecular weight is 409 g/mol. The lowest BCUT2D eigenvalue weighted by Crippen LogP contribution is -2.48. The molecule has 2 aliphatic rings. The summed E-state index contributed by atoms with van der Waals surface area (Å²) in [6.45, 7) is 1.75. The molecule has 1 spiro atoms. The normalized spacial score (nSPS) is 22.6. The van der Waals surface area contributed by atoms with E-state index in [0.717, 1.165) is 9.37 Å². The molecule has 2 aliphatic heterocycles. The first-order valence-corrected chi connectivity index (χ1v) is 8.23. The van der Waals surface area contributed by atoms with Gasteiger partial charge in [-0.3, -0.25) is 9.59 Å². The molecule has 1 saturated heterocycles. The molecule has 0 aromatic heterocycles. The van der Waals surface area contributed by atoms with Crippen molar-refractivity contribution in [2.24, 2.45) is 10.4 Å². The van der Waals surface area contributed by atoms with Gasteiger partial charge in [0.1, 0.15) is 0 Å². The Kier molecular flexibility index (Phi) is 4.38. The van der Waals surface area contributed by atoms with E-state index in [1.165, 1.54) is 0 Å². The lowest BCUT2D eigenvalue weighted by Gasteiger charge is -2.24. The van der Waals surface area contributed by atoms with Gasteiger partial charge in [-0.15, -0.1) is 15.1 Å². The highest BCUT2D eigenvalue weighted by molar-refractivity contribution is 9.10. The standard InChI is InChI=1S/C15H13BrN4O5/c1-2-25-13(22)11-7-15(20(17-11)18-24)8-12(21)19(14(15)23)10-5-3-9(16)4-6-10/h3-6H,2,7-8H2,1H3. The number of rotatable bonds is 4. The van der Waals surface area contributed by atoms with Crippen molar-refractivity contribution in [2.75, 3.05) is 11.5 Å². The van der Waals surface area contributed by atoms with Crippen molar-refractivity contribution in [3.8, 4) is 0 Å². The Morgan fingerprint density at radius 1 is 1.32 bits per heavy atom. The number of hydrogen-bond acceptors (Lipinski definition) is 7. The maximum Gasteiger partial charge on any atom is 0.354 e. The van der Waals surface area contributed by atoms with Gasteiger partial charge in [-0.25, -0.2) is 9.69 Å². The number of esters is 1. The Labute approximate surface area is 150 Å². The first kappa shape index (κ1) is 17.2. The third kappa shape index (κ3) is 2.72. The second kappa shape index (κ2) is 6.36. The number of halogens is 1. The molecule has 0 N–H and O–H groups in total. The van der Waals surface area contributed by atoms with Gasteiger partial charge in [0.05, 0.1) is 24.0 Å². The summed E-state index contributed by atoms with van der Waals surface area (Å²) in [5.74, 6) is -1.89. The number of anilines is 1. The van der Waals surface area contributed by atoms with E-state index in [0.29, 0.717) is 10.8 Å². The van der Waals surface area contributed by atoms with Crippen molar-refractivity contribution in [1.29, 1.82) is 0 Å². The Morgan fingerprint density at radius 2 is 2.00 bits per heavy atom. The summed E-state index contributed by atoms with van der Waals surface area (Å²) in [6.07, 6.45) is -0.519. The maximum absolute atomic E-state index is 12.9. The molecule has 1 unspecified atom stereocenters. The third-order valence-corrected chi connectivity index (χ3v) is 4.55. The molecular weight excluding hydrogens is 396 g/mol. The summed E-state index contributed by atoms with van der Waals surface area (Å²) in [5.41, 5.74) is -1.36. The first-order valence-electron chi connectivity index (χ1n) is 7.44. The average Bonchev–Trinajstić information content (AvgIpc) is 3.07. The van der Waals surface area contributed by atoms with E-state index in [1.54, 1.807) is 31.2 Å². The number of hydrogen-bond donors (Lipinski definition) is 0. The summed E-state index contributed by atoms with van der Waals surface area (Å²) < 4.78 is 5.64. The largest absolute Gasteiger partial charge is 0.461 e. The quantitative estimate of drug-likeness (QED) is 0.426. The third-order valence-electron chi connectivity index (χ3n) is 4.03. The van der Waals surface area contributed by atoms with Crippen LogP contribution in [0.4, 0.5) is 5.69 Å². The monoisotopic (exact) mass is 408 g/mol. The van der Waals surface area contributed by atoms with Gasteiger partial charge < -0.3 is 4.74 Å². The predicted octanol–water partition coefficient (Wildman–Crippen LogP) is 1.76. The van der Waals surface area contributed by atoms with E-state index in [-0.39, 0.29) is 25.2 Å². The molecule has 10 heteroatoms. The molecule has 1 fully saturated rings. The van der Waals surface area contributed by atoms with Gasteiger partial charge in [0, 0.05) is 10.9 Å². The molecule has 0 bridgehead atoms. The topological polar surface area (TPSA) is 109 Å². The lowest BCUT2D eigenvalue weighted by atomic mass is 9.92. The van der Waals surface area contributed by atoms with Crippen LogP contribution < -0.4 is 4.90 Å². The number of benzene rings is 1. The van der Waals surface area contributed by atoms with E-state index in [4.69, 9.17) is 4.74 Å². The summed E-state index contributed by atoms with van der Waals surface area (Å²) >= 11 is 3.28. The molecule has 0 saturated carbocycles. The van der Waals surface area contributed by atoms with E-state index in [2.05, 4.69) is 26.3 Å². The van der Waals surface area contributed by atoms with Gasteiger partial charge in [-0.2, -0.15) is 0 Å². The fraction of sp³-hybridized carbons (Fsp3) is 0.333. The van der Waals surface area contributed by atoms with Crippen LogP contribution in [0.5, 0.6) is 0 Å². The number of carbonyl (C=O) groups excluding carboxylic acids is 3. The van der Waals surface area contributed by atoms with Crippen molar-refractivity contribution in [3.05, 3.63) is 33.6 Å². The van der Waals surface area contributed by atoms with Gasteiger partial charge in [0.25, 0.3) is 5.91 Å². The molecule has 2 heterocycles. The number of nitroso groups, excluding NO2 is 1. The van der Waals surface area contributed by atoms with Crippen LogP contribution in [0.1, 0.15) is 19.8 Å². The minimum Gasteiger partial charge on any atom is -0.461 e. The van der Waals surface area contributed by atoms with Crippen molar-refractivity contribution in [2.45, 2.75) is 25.3 Å². The van der Waals surface area contributed by atoms with Gasteiger partial charge in [-0.05, 0) is 31.2 Å². The number of nitrogens with zero attached hydrogens (tertiary/aromatic N) is 4. The molecule has 1 aromatic rings. The van der Waals surface area contributed by atoms with Crippen LogP contribution in [-0.4, -0.2) is 40.8 Å². The van der Waals surface area contributed by atoms with Crippen molar-refractivity contribution in [3.63, 3.8) is 0 Å². The molecule has 25 heavy (non-hydrogen) atoms. The highest BCUT2D eigenvalue weighted by atomic mass is 79.9. The van der Waals surface area contributed by atoms with E-state index < -0.39 is 23.3 Å². The fourth-order valence-corrected chi connectivity index (χ4v) is 3.15. The minimum atomic E-state index is -1.62. The molecule has 1 atom stereocenters. The van der Waals surface area contributed by atoms with Crippen LogP contribution in [0.15, 0.2) is 39.1 Å². The van der Waals surface area contributed by atoms with E-state index >= 15 is 0 Å². The molecular formula is C15H13BrN4O5. The number of carbonyl (C=O) groups is 3. The molecule has 0 aliphatic carbocycles. The minimum absolute atomic E-state index is 0.111. The van der Waals surface area contributed by atoms with Gasteiger partial charge in [-0.1, -0.05) is 15.9 Å². The number of amides is 2. The smallest absolute Gasteiger partial charge is 0.354 e. The molecule has 9 nitrogen and oxygen atoms in total. The van der Waals surface area contributed by atoms with Crippen LogP contribution in [0.2, 0.25) is 0 Å². The zero-order chi connectivity index (χ0) is 18.2. The van der Waals surface area contributed by atoms with Crippen molar-refractivity contribution >= 4 is 45.1 Å². The molecule has 3 rings (SSSR count). The Balaban J connectivity index is 1.94. The second-order valence-electron chi connectivity index (χ2n) is 5.53. The molecule has 130 valence electrons. The van der Waals surface area contributed by atoms with Crippen LogP contribution in [-0.2, 0) is 19.1 Å². The predicted molar refractivity (Wildman–Crippen MR) is 90.3 cm³/mol. The van der Waals surface area contributed by atoms with Crippen LogP contribution >= 0.6 is 15.9 Å². The maximum atomic E-state index is 12.9. The van der Waals surface area contributed by atoms with Gasteiger partial charge in [0.15, 0.2) is 11.3 Å². The number of hydrazone groups is 1. The Morgan fingerprint density at radius 3 is 2.60 bits per heavy atom. The first-order chi connectivity index (χ1) is 11.9. The summed E-state index contributed by atoms with van der Waals surface area (Å²) in [6, 6.07) is 6.57. The van der Waals surface area contributed by atoms with Crippen molar-refractivity contribution in [1.82, 2.24) is 5.12 Å². The van der Waals surface area contributed by atoms with Crippen LogP contribution in [0, 0.1) is 4.91 Å². The summed E-state index contributed by atoms with van der Waals surface area (Å²) in [4.78, 5) is 49.4. The fourth-order valence-electron chi connectivity index (χ4n) is 2.89. The van der Waals surface area contributed by atoms with Crippen molar-refractivity contribution < 1.29 is 19.1 Å². The lowest BCUT2D eigenvalue weighted by molar-refractivity contribution is -0.135. The van der Waals surface area contributed by atoms with Gasteiger partial charge in [0.2, 0.25) is 5.91 Å². The number of imide groups is 1. The molecule has 2 amide bonds. The van der Waals surface area contributed by atoms with Crippen LogP contribution in [0.3, 0.4) is 0 Å². The van der Waals surface area contributed by atoms with Crippen LogP contribution in [0.25, 0.3) is 0 Å². The second-order valence-corrected chi connectivity index (χ2v) is 6.45. The van der Waals surface area contributed by atoms with E-state index in [1.807, 2.05) is 0 Å². The zero-order valence-electron chi connectivity index (χ0n) is 13.1. The summed E-state index contributed by atoms with van der Waals surface area (Å²) in [5, 5.41) is 7.11. The Hall–Kier alpha value is -2.62. The zero-order valence-corrected chi connectivity index (χ0v) is 14.7. The molecule has 0 radical (unpaired) electrons. The Bertz CT molecular complexity index is 794. The SMILES string of the molecule is CCOC(=O)C1=NN(N=O)C2(CC(=O)N(c3ccc(Br)cc3)C2=O)C1. The highest BCUT2D eigenvalue weighted by Crippen LogP contribution is 2.40. The van der Waals surface area contributed by atoms with E-state index in [9.17, 15) is 19.3 Å². The highest BCUT2D eigenvalue weighted by Gasteiger charge is 2.61.